The molecule has 1 amide bonds. The third-order valence-electron chi connectivity index (χ3n) is 4.39. The van der Waals surface area contributed by atoms with E-state index in [0.29, 0.717) is 23.5 Å². The molecular formula is C20H26N2O4S. The highest BCUT2D eigenvalue weighted by molar-refractivity contribution is 7.92. The van der Waals surface area contributed by atoms with E-state index in [1.165, 1.54) is 7.05 Å². The third kappa shape index (κ3) is 5.47. The number of hydrogen-bond donors (Lipinski definition) is 1. The molecule has 6 nitrogen and oxygen atoms in total. The fourth-order valence-corrected chi connectivity index (χ4v) is 2.96. The lowest BCUT2D eigenvalue weighted by molar-refractivity contribution is -0.122. The molecule has 0 spiro atoms. The average Bonchev–Trinajstić information content (AvgIpc) is 2.61. The summed E-state index contributed by atoms with van der Waals surface area (Å²) in [7, 11) is -1.91. The zero-order valence-electron chi connectivity index (χ0n) is 16.3. The first kappa shape index (κ1) is 20.8. The number of anilines is 2. The topological polar surface area (TPSA) is 75.7 Å². The van der Waals surface area contributed by atoms with Crippen LogP contribution in [-0.2, 0) is 14.8 Å². The number of ether oxygens (including phenoxy) is 1. The Balaban J connectivity index is 2.13. The SMILES string of the molecule is CCC(Oc1ccc(C)c(C)c1)C(=O)Nc1cccc(N(C)S(C)(=O)=O)c1. The lowest BCUT2D eigenvalue weighted by Crippen LogP contribution is -2.32. The van der Waals surface area contributed by atoms with Gasteiger partial charge in [-0.3, -0.25) is 9.10 Å². The highest BCUT2D eigenvalue weighted by Gasteiger charge is 2.19. The molecule has 0 fully saturated rings. The molecule has 2 aromatic carbocycles. The first-order valence-electron chi connectivity index (χ1n) is 8.70. The maximum Gasteiger partial charge on any atom is 0.265 e. The van der Waals surface area contributed by atoms with Gasteiger partial charge in [-0.1, -0.05) is 19.1 Å². The van der Waals surface area contributed by atoms with Crippen LogP contribution in [-0.4, -0.2) is 33.7 Å². The summed E-state index contributed by atoms with van der Waals surface area (Å²) in [6.07, 6.45) is 0.980. The van der Waals surface area contributed by atoms with Crippen LogP contribution in [0.2, 0.25) is 0 Å². The number of benzene rings is 2. The third-order valence-corrected chi connectivity index (χ3v) is 5.60. The van der Waals surface area contributed by atoms with Gasteiger partial charge in [-0.2, -0.15) is 0 Å². The number of carbonyl (C=O) groups excluding carboxylic acids is 1. The van der Waals surface area contributed by atoms with Crippen molar-refractivity contribution < 1.29 is 17.9 Å². The maximum atomic E-state index is 12.6. The molecule has 1 atom stereocenters. The summed E-state index contributed by atoms with van der Waals surface area (Å²) in [6, 6.07) is 12.4. The van der Waals surface area contributed by atoms with E-state index in [-0.39, 0.29) is 5.91 Å². The monoisotopic (exact) mass is 390 g/mol. The van der Waals surface area contributed by atoms with E-state index in [9.17, 15) is 13.2 Å². The quantitative estimate of drug-likeness (QED) is 0.785. The van der Waals surface area contributed by atoms with Gasteiger partial charge in [0.15, 0.2) is 6.10 Å². The molecule has 1 unspecified atom stereocenters. The van der Waals surface area contributed by atoms with Gasteiger partial charge in [0.05, 0.1) is 11.9 Å². The number of hydrogen-bond acceptors (Lipinski definition) is 4. The zero-order valence-corrected chi connectivity index (χ0v) is 17.1. The number of amides is 1. The predicted molar refractivity (Wildman–Crippen MR) is 109 cm³/mol. The van der Waals surface area contributed by atoms with Crippen molar-refractivity contribution in [1.29, 1.82) is 0 Å². The summed E-state index contributed by atoms with van der Waals surface area (Å²) in [5.41, 5.74) is 3.24. The summed E-state index contributed by atoms with van der Waals surface area (Å²) in [6.45, 7) is 5.88. The maximum absolute atomic E-state index is 12.6. The van der Waals surface area contributed by atoms with Crippen LogP contribution in [0.1, 0.15) is 24.5 Å². The van der Waals surface area contributed by atoms with E-state index in [4.69, 9.17) is 4.74 Å². The summed E-state index contributed by atoms with van der Waals surface area (Å²) >= 11 is 0. The summed E-state index contributed by atoms with van der Waals surface area (Å²) in [4.78, 5) is 12.6. The Labute approximate surface area is 161 Å². The predicted octanol–water partition coefficient (Wildman–Crippen LogP) is 3.50. The molecule has 1 N–H and O–H groups in total. The van der Waals surface area contributed by atoms with Gasteiger partial charge in [-0.05, 0) is 61.7 Å². The second kappa shape index (κ2) is 8.43. The zero-order chi connectivity index (χ0) is 20.2. The van der Waals surface area contributed by atoms with Gasteiger partial charge in [0, 0.05) is 12.7 Å². The van der Waals surface area contributed by atoms with Crippen molar-refractivity contribution in [3.8, 4) is 5.75 Å². The fourth-order valence-electron chi connectivity index (χ4n) is 2.47. The van der Waals surface area contributed by atoms with E-state index < -0.39 is 16.1 Å². The van der Waals surface area contributed by atoms with Crippen LogP contribution >= 0.6 is 0 Å². The van der Waals surface area contributed by atoms with Crippen molar-refractivity contribution in [3.05, 3.63) is 53.6 Å². The van der Waals surface area contributed by atoms with Crippen LogP contribution in [0, 0.1) is 13.8 Å². The minimum atomic E-state index is -3.37. The molecule has 0 aliphatic carbocycles. The lowest BCUT2D eigenvalue weighted by atomic mass is 10.1. The molecule has 146 valence electrons. The molecule has 2 rings (SSSR count). The largest absolute Gasteiger partial charge is 0.481 e. The van der Waals surface area contributed by atoms with Gasteiger partial charge >= 0.3 is 0 Å². The van der Waals surface area contributed by atoms with Crippen molar-refractivity contribution >= 4 is 27.3 Å². The van der Waals surface area contributed by atoms with Crippen molar-refractivity contribution in [1.82, 2.24) is 0 Å². The van der Waals surface area contributed by atoms with Crippen molar-refractivity contribution in [3.63, 3.8) is 0 Å². The van der Waals surface area contributed by atoms with Gasteiger partial charge in [0.2, 0.25) is 10.0 Å². The van der Waals surface area contributed by atoms with E-state index >= 15 is 0 Å². The normalized spacial score (nSPS) is 12.3. The number of sulfonamides is 1. The molecule has 0 saturated heterocycles. The van der Waals surface area contributed by atoms with Crippen LogP contribution in [0.5, 0.6) is 5.75 Å². The van der Waals surface area contributed by atoms with Crippen molar-refractivity contribution in [2.24, 2.45) is 0 Å². The Morgan fingerprint density at radius 3 is 2.44 bits per heavy atom. The highest BCUT2D eigenvalue weighted by atomic mass is 32.2. The van der Waals surface area contributed by atoms with E-state index in [1.54, 1.807) is 24.3 Å². The minimum Gasteiger partial charge on any atom is -0.481 e. The Morgan fingerprint density at radius 1 is 1.15 bits per heavy atom. The second-order valence-electron chi connectivity index (χ2n) is 6.53. The van der Waals surface area contributed by atoms with Crippen molar-refractivity contribution in [2.45, 2.75) is 33.3 Å². The van der Waals surface area contributed by atoms with E-state index in [1.807, 2.05) is 39.0 Å². The van der Waals surface area contributed by atoms with Crippen LogP contribution in [0.4, 0.5) is 11.4 Å². The Morgan fingerprint density at radius 2 is 1.85 bits per heavy atom. The summed E-state index contributed by atoms with van der Waals surface area (Å²) < 4.78 is 30.4. The first-order chi connectivity index (χ1) is 12.6. The molecule has 0 bridgehead atoms. The van der Waals surface area contributed by atoms with E-state index in [0.717, 1.165) is 21.7 Å². The van der Waals surface area contributed by atoms with Crippen molar-refractivity contribution in [2.75, 3.05) is 22.9 Å². The summed E-state index contributed by atoms with van der Waals surface area (Å²) in [5.74, 6) is 0.362. The molecule has 2 aromatic rings. The Bertz CT molecular complexity index is 925. The molecule has 0 aliphatic rings. The highest BCUT2D eigenvalue weighted by Crippen LogP contribution is 2.22. The number of carbonyl (C=O) groups is 1. The number of aryl methyl sites for hydroxylation is 2. The molecule has 0 saturated carbocycles. The molecular weight excluding hydrogens is 364 g/mol. The van der Waals surface area contributed by atoms with Crippen LogP contribution in [0.15, 0.2) is 42.5 Å². The Kier molecular flexibility index (Phi) is 6.49. The van der Waals surface area contributed by atoms with Crippen LogP contribution in [0.25, 0.3) is 0 Å². The van der Waals surface area contributed by atoms with Gasteiger partial charge in [-0.15, -0.1) is 0 Å². The molecule has 0 aliphatic heterocycles. The molecule has 7 heteroatoms. The molecule has 0 radical (unpaired) electrons. The molecule has 0 heterocycles. The van der Waals surface area contributed by atoms with Gasteiger partial charge in [0.1, 0.15) is 5.75 Å². The fraction of sp³-hybridized carbons (Fsp3) is 0.350. The standard InChI is InChI=1S/C20H26N2O4S/c1-6-19(26-18-11-10-14(2)15(3)12-18)20(23)21-16-8-7-9-17(13-16)22(4)27(5,24)25/h7-13,19H,6H2,1-5H3,(H,21,23). The Hall–Kier alpha value is -2.54. The number of rotatable bonds is 7. The number of nitrogens with zero attached hydrogens (tertiary/aromatic N) is 1. The van der Waals surface area contributed by atoms with Crippen LogP contribution < -0.4 is 14.4 Å². The van der Waals surface area contributed by atoms with Gasteiger partial charge < -0.3 is 10.1 Å². The number of nitrogens with one attached hydrogen (secondary N) is 1. The van der Waals surface area contributed by atoms with Crippen LogP contribution in [0.3, 0.4) is 0 Å². The van der Waals surface area contributed by atoms with Gasteiger partial charge in [-0.25, -0.2) is 8.42 Å². The molecule has 27 heavy (non-hydrogen) atoms. The lowest BCUT2D eigenvalue weighted by Gasteiger charge is -2.20. The van der Waals surface area contributed by atoms with Gasteiger partial charge in [0.25, 0.3) is 5.91 Å². The summed E-state index contributed by atoms with van der Waals surface area (Å²) in [5, 5.41) is 2.80. The first-order valence-corrected chi connectivity index (χ1v) is 10.6. The minimum absolute atomic E-state index is 0.283. The average molecular weight is 391 g/mol. The molecule has 0 aromatic heterocycles. The smallest absolute Gasteiger partial charge is 0.265 e. The van der Waals surface area contributed by atoms with E-state index in [2.05, 4.69) is 5.32 Å². The second-order valence-corrected chi connectivity index (χ2v) is 8.54.